The molecule has 5 nitrogen and oxygen atoms in total. The van der Waals surface area contributed by atoms with Crippen LogP contribution in [-0.4, -0.2) is 48.3 Å². The standard InChI is InChI=1S/C13H17ClN2O3S/c1-9(8-20(2,18)19)16(11-4-5-11)13(17)12-6-3-10(14)7-15-12/h3,6-7,9,11H,4-5,8H2,1-2H3. The molecule has 1 saturated carbocycles. The summed E-state index contributed by atoms with van der Waals surface area (Å²) in [4.78, 5) is 18.1. The Kier molecular flexibility index (Phi) is 4.34. The molecular formula is C13H17ClN2O3S. The summed E-state index contributed by atoms with van der Waals surface area (Å²) in [5.41, 5.74) is 0.293. The number of halogens is 1. The minimum absolute atomic E-state index is 0.0389. The van der Waals surface area contributed by atoms with Gasteiger partial charge in [0.25, 0.3) is 5.91 Å². The Hall–Kier alpha value is -1.14. The van der Waals surface area contributed by atoms with Crippen LogP contribution in [0.15, 0.2) is 18.3 Å². The van der Waals surface area contributed by atoms with Gasteiger partial charge in [0.1, 0.15) is 15.5 Å². The third-order valence-corrected chi connectivity index (χ3v) is 4.45. The quantitative estimate of drug-likeness (QED) is 0.830. The largest absolute Gasteiger partial charge is 0.331 e. The van der Waals surface area contributed by atoms with E-state index in [2.05, 4.69) is 4.98 Å². The van der Waals surface area contributed by atoms with Crippen LogP contribution in [0.5, 0.6) is 0 Å². The smallest absolute Gasteiger partial charge is 0.272 e. The second-order valence-electron chi connectivity index (χ2n) is 5.25. The number of nitrogens with zero attached hydrogens (tertiary/aromatic N) is 2. The molecular weight excluding hydrogens is 300 g/mol. The molecule has 1 aliphatic carbocycles. The van der Waals surface area contributed by atoms with Crippen LogP contribution in [0.1, 0.15) is 30.3 Å². The Morgan fingerprint density at radius 2 is 2.15 bits per heavy atom. The molecule has 1 aromatic rings. The first kappa shape index (κ1) is 15.3. The molecule has 1 amide bonds. The zero-order valence-corrected chi connectivity index (χ0v) is 13.0. The Balaban J connectivity index is 2.20. The van der Waals surface area contributed by atoms with Gasteiger partial charge < -0.3 is 4.90 Å². The van der Waals surface area contributed by atoms with Crippen molar-refractivity contribution in [1.29, 1.82) is 0 Å². The molecule has 0 radical (unpaired) electrons. The number of rotatable bonds is 5. The van der Waals surface area contributed by atoms with E-state index < -0.39 is 9.84 Å². The highest BCUT2D eigenvalue weighted by Gasteiger charge is 2.37. The van der Waals surface area contributed by atoms with Gasteiger partial charge in [0.05, 0.1) is 10.8 Å². The van der Waals surface area contributed by atoms with Gasteiger partial charge in [-0.3, -0.25) is 4.79 Å². The van der Waals surface area contributed by atoms with E-state index >= 15 is 0 Å². The van der Waals surface area contributed by atoms with Gasteiger partial charge in [-0.15, -0.1) is 0 Å². The lowest BCUT2D eigenvalue weighted by Crippen LogP contribution is -2.44. The molecule has 0 saturated heterocycles. The summed E-state index contributed by atoms with van der Waals surface area (Å²) in [6.07, 6.45) is 4.42. The Morgan fingerprint density at radius 1 is 1.50 bits per heavy atom. The molecule has 0 spiro atoms. The number of amides is 1. The van der Waals surface area contributed by atoms with Crippen LogP contribution < -0.4 is 0 Å². The highest BCUT2D eigenvalue weighted by molar-refractivity contribution is 7.90. The first-order valence-electron chi connectivity index (χ1n) is 6.40. The molecule has 1 aliphatic rings. The maximum atomic E-state index is 12.5. The first-order chi connectivity index (χ1) is 9.28. The Bertz CT molecular complexity index is 597. The van der Waals surface area contributed by atoms with Gasteiger partial charge in [-0.25, -0.2) is 13.4 Å². The lowest BCUT2D eigenvalue weighted by molar-refractivity contribution is 0.0686. The fourth-order valence-corrected chi connectivity index (χ4v) is 3.38. The summed E-state index contributed by atoms with van der Waals surface area (Å²) in [7, 11) is -3.13. The van der Waals surface area contributed by atoms with Gasteiger partial charge in [0, 0.05) is 24.5 Å². The lowest BCUT2D eigenvalue weighted by atomic mass is 10.2. The minimum Gasteiger partial charge on any atom is -0.331 e. The summed E-state index contributed by atoms with van der Waals surface area (Å²) in [6.45, 7) is 1.76. The molecule has 1 unspecified atom stereocenters. The number of pyridine rings is 1. The molecule has 20 heavy (non-hydrogen) atoms. The van der Waals surface area contributed by atoms with Gasteiger partial charge >= 0.3 is 0 Å². The molecule has 110 valence electrons. The second-order valence-corrected chi connectivity index (χ2v) is 7.87. The summed E-state index contributed by atoms with van der Waals surface area (Å²) in [5, 5.41) is 0.462. The van der Waals surface area contributed by atoms with Gasteiger partial charge in [0.2, 0.25) is 0 Å². The Morgan fingerprint density at radius 3 is 2.60 bits per heavy atom. The van der Waals surface area contributed by atoms with Crippen molar-refractivity contribution in [1.82, 2.24) is 9.88 Å². The predicted molar refractivity (Wildman–Crippen MR) is 77.6 cm³/mol. The number of hydrogen-bond acceptors (Lipinski definition) is 4. The Labute approximate surface area is 123 Å². The molecule has 0 aliphatic heterocycles. The van der Waals surface area contributed by atoms with E-state index in [9.17, 15) is 13.2 Å². The van der Waals surface area contributed by atoms with Crippen LogP contribution in [-0.2, 0) is 9.84 Å². The molecule has 0 N–H and O–H groups in total. The molecule has 0 bridgehead atoms. The average molecular weight is 317 g/mol. The van der Waals surface area contributed by atoms with E-state index in [-0.39, 0.29) is 23.7 Å². The SMILES string of the molecule is CC(CS(C)(=O)=O)N(C(=O)c1ccc(Cl)cn1)C1CC1. The topological polar surface area (TPSA) is 67.3 Å². The van der Waals surface area contributed by atoms with Crippen molar-refractivity contribution in [3.8, 4) is 0 Å². The molecule has 1 fully saturated rings. The van der Waals surface area contributed by atoms with E-state index in [1.54, 1.807) is 24.0 Å². The van der Waals surface area contributed by atoms with Gasteiger partial charge in [-0.05, 0) is 31.9 Å². The number of sulfone groups is 1. The van der Waals surface area contributed by atoms with Crippen molar-refractivity contribution in [2.75, 3.05) is 12.0 Å². The third kappa shape index (κ3) is 3.93. The van der Waals surface area contributed by atoms with Crippen LogP contribution in [0.25, 0.3) is 0 Å². The number of hydrogen-bond donors (Lipinski definition) is 0. The third-order valence-electron chi connectivity index (χ3n) is 3.14. The van der Waals surface area contributed by atoms with Gasteiger partial charge in [-0.1, -0.05) is 11.6 Å². The maximum Gasteiger partial charge on any atom is 0.272 e. The van der Waals surface area contributed by atoms with Crippen LogP contribution in [0, 0.1) is 0 Å². The molecule has 7 heteroatoms. The highest BCUT2D eigenvalue weighted by atomic mass is 35.5. The van der Waals surface area contributed by atoms with E-state index in [0.717, 1.165) is 12.8 Å². The van der Waals surface area contributed by atoms with E-state index in [1.807, 2.05) is 0 Å². The average Bonchev–Trinajstić information content (AvgIpc) is 3.12. The van der Waals surface area contributed by atoms with Crippen LogP contribution in [0.3, 0.4) is 0 Å². The normalized spacial score (nSPS) is 16.8. The first-order valence-corrected chi connectivity index (χ1v) is 8.84. The van der Waals surface area contributed by atoms with Crippen molar-refractivity contribution in [2.45, 2.75) is 31.8 Å². The van der Waals surface area contributed by atoms with E-state index in [1.165, 1.54) is 12.5 Å². The highest BCUT2D eigenvalue weighted by Crippen LogP contribution is 2.30. The fraction of sp³-hybridized carbons (Fsp3) is 0.538. The fourth-order valence-electron chi connectivity index (χ4n) is 2.23. The minimum atomic E-state index is -3.13. The summed E-state index contributed by atoms with van der Waals surface area (Å²) in [6, 6.07) is 2.93. The van der Waals surface area contributed by atoms with E-state index in [0.29, 0.717) is 10.7 Å². The number of carbonyl (C=O) groups excluding carboxylic acids is 1. The second kappa shape index (κ2) is 5.69. The van der Waals surface area contributed by atoms with Crippen LogP contribution in [0.4, 0.5) is 0 Å². The number of carbonyl (C=O) groups is 1. The molecule has 2 rings (SSSR count). The van der Waals surface area contributed by atoms with Gasteiger partial charge in [0.15, 0.2) is 0 Å². The van der Waals surface area contributed by atoms with Crippen molar-refractivity contribution in [2.24, 2.45) is 0 Å². The van der Waals surface area contributed by atoms with Crippen molar-refractivity contribution < 1.29 is 13.2 Å². The lowest BCUT2D eigenvalue weighted by Gasteiger charge is -2.28. The van der Waals surface area contributed by atoms with Crippen molar-refractivity contribution in [3.63, 3.8) is 0 Å². The number of aromatic nitrogens is 1. The molecule has 1 heterocycles. The predicted octanol–water partition coefficient (Wildman–Crippen LogP) is 1.77. The molecule has 0 aromatic carbocycles. The summed E-state index contributed by atoms with van der Waals surface area (Å²) < 4.78 is 22.8. The molecule has 1 atom stereocenters. The molecule has 1 aromatic heterocycles. The van der Waals surface area contributed by atoms with Crippen molar-refractivity contribution >= 4 is 27.3 Å². The van der Waals surface area contributed by atoms with Gasteiger partial charge in [-0.2, -0.15) is 0 Å². The van der Waals surface area contributed by atoms with E-state index in [4.69, 9.17) is 11.6 Å². The summed E-state index contributed by atoms with van der Waals surface area (Å²) in [5.74, 6) is -0.275. The monoisotopic (exact) mass is 316 g/mol. The zero-order chi connectivity index (χ0) is 14.9. The van der Waals surface area contributed by atoms with Crippen molar-refractivity contribution in [3.05, 3.63) is 29.0 Å². The van der Waals surface area contributed by atoms with Crippen LogP contribution >= 0.6 is 11.6 Å². The van der Waals surface area contributed by atoms with Crippen LogP contribution in [0.2, 0.25) is 5.02 Å². The zero-order valence-electron chi connectivity index (χ0n) is 11.4. The summed E-state index contributed by atoms with van der Waals surface area (Å²) >= 11 is 5.75. The maximum absolute atomic E-state index is 12.5.